The maximum atomic E-state index is 13.2. The van der Waals surface area contributed by atoms with E-state index in [4.69, 9.17) is 4.98 Å². The molecule has 8 heteroatoms. The van der Waals surface area contributed by atoms with Crippen molar-refractivity contribution in [1.29, 1.82) is 0 Å². The van der Waals surface area contributed by atoms with Crippen LogP contribution < -0.4 is 5.56 Å². The van der Waals surface area contributed by atoms with E-state index in [0.29, 0.717) is 21.9 Å². The van der Waals surface area contributed by atoms with Crippen LogP contribution in [0.5, 0.6) is 0 Å². The van der Waals surface area contributed by atoms with E-state index in [2.05, 4.69) is 6.58 Å². The van der Waals surface area contributed by atoms with Gasteiger partial charge in [-0.25, -0.2) is 4.98 Å². The molecule has 0 radical (unpaired) electrons. The summed E-state index contributed by atoms with van der Waals surface area (Å²) in [5, 5.41) is 4.82. The van der Waals surface area contributed by atoms with Crippen molar-refractivity contribution in [3.05, 3.63) is 45.9 Å². The van der Waals surface area contributed by atoms with Gasteiger partial charge >= 0.3 is 0 Å². The third-order valence-corrected chi connectivity index (χ3v) is 6.68. The molecule has 0 N–H and O–H groups in total. The minimum Gasteiger partial charge on any atom is -0.348 e. The normalized spacial score (nSPS) is 12.3. The Bertz CT molecular complexity index is 1000. The Hall–Kier alpha value is -1.90. The number of thioether (sulfide) groups is 1. The Morgan fingerprint density at radius 2 is 2.23 bits per heavy atom. The zero-order chi connectivity index (χ0) is 18.8. The minimum absolute atomic E-state index is 0.0139. The molecule has 3 aromatic rings. The summed E-state index contributed by atoms with van der Waals surface area (Å²) in [7, 11) is 3.44. The number of rotatable bonds is 6. The van der Waals surface area contributed by atoms with Crippen molar-refractivity contribution in [2.75, 3.05) is 14.1 Å². The molecular weight excluding hydrogens is 386 g/mol. The van der Waals surface area contributed by atoms with Crippen molar-refractivity contribution in [1.82, 2.24) is 14.5 Å². The fourth-order valence-corrected chi connectivity index (χ4v) is 5.44. The molecule has 1 amide bonds. The highest BCUT2D eigenvalue weighted by Crippen LogP contribution is 2.35. The van der Waals surface area contributed by atoms with Crippen LogP contribution in [-0.2, 0) is 11.3 Å². The van der Waals surface area contributed by atoms with E-state index in [9.17, 15) is 9.59 Å². The predicted molar refractivity (Wildman–Crippen MR) is 111 cm³/mol. The highest BCUT2D eigenvalue weighted by atomic mass is 32.2. The molecular formula is C18H19N3O2S3. The fraction of sp³-hybridized carbons (Fsp3) is 0.278. The average Bonchev–Trinajstić information content (AvgIpc) is 3.26. The first-order chi connectivity index (χ1) is 12.4. The largest absolute Gasteiger partial charge is 0.348 e. The van der Waals surface area contributed by atoms with E-state index in [1.54, 1.807) is 41.0 Å². The second kappa shape index (κ2) is 7.77. The molecule has 0 aliphatic rings. The zero-order valence-corrected chi connectivity index (χ0v) is 17.2. The summed E-state index contributed by atoms with van der Waals surface area (Å²) in [6.07, 6.45) is 1.68. The molecule has 0 bridgehead atoms. The molecule has 0 saturated carbocycles. The van der Waals surface area contributed by atoms with Gasteiger partial charge in [0.25, 0.3) is 5.56 Å². The van der Waals surface area contributed by atoms with Gasteiger partial charge in [0.1, 0.15) is 4.83 Å². The molecule has 0 saturated heterocycles. The number of nitrogens with zero attached hydrogens (tertiary/aromatic N) is 3. The van der Waals surface area contributed by atoms with E-state index < -0.39 is 0 Å². The van der Waals surface area contributed by atoms with Gasteiger partial charge in [-0.3, -0.25) is 14.2 Å². The number of carbonyl (C=O) groups is 1. The number of carbonyl (C=O) groups excluding carboxylic acids is 1. The predicted octanol–water partition coefficient (Wildman–Crippen LogP) is 3.94. The van der Waals surface area contributed by atoms with Crippen LogP contribution in [0, 0.1) is 0 Å². The third kappa shape index (κ3) is 3.49. The second-order valence-corrected chi connectivity index (χ2v) is 9.01. The maximum Gasteiger partial charge on any atom is 0.263 e. The van der Waals surface area contributed by atoms with Gasteiger partial charge in [-0.05, 0) is 18.4 Å². The number of allylic oxidation sites excluding steroid dienone is 1. The summed E-state index contributed by atoms with van der Waals surface area (Å²) < 4.78 is 1.60. The molecule has 3 aromatic heterocycles. The highest BCUT2D eigenvalue weighted by Gasteiger charge is 2.22. The van der Waals surface area contributed by atoms with Crippen LogP contribution in [0.25, 0.3) is 20.7 Å². The van der Waals surface area contributed by atoms with Gasteiger partial charge in [0, 0.05) is 36.5 Å². The number of amides is 1. The van der Waals surface area contributed by atoms with Crippen LogP contribution >= 0.6 is 34.4 Å². The second-order valence-electron chi connectivity index (χ2n) is 5.90. The first-order valence-electron chi connectivity index (χ1n) is 7.98. The van der Waals surface area contributed by atoms with Crippen LogP contribution in [0.1, 0.15) is 6.92 Å². The number of fused-ring (bicyclic) bond motifs is 1. The fourth-order valence-electron chi connectivity index (χ4n) is 2.57. The van der Waals surface area contributed by atoms with E-state index in [1.165, 1.54) is 23.1 Å². The standard InChI is InChI=1S/C18H19N3O2S3/c1-5-8-21-17(23)14-12(13-7-6-9-24-13)10-25-15(14)19-18(21)26-11(2)16(22)20(3)4/h5-7,9-11H,1,8H2,2-4H3/t11-/m1/s1. The van der Waals surface area contributed by atoms with E-state index in [0.717, 1.165) is 10.4 Å². The molecule has 0 unspecified atom stereocenters. The Balaban J connectivity index is 2.13. The van der Waals surface area contributed by atoms with Gasteiger partial charge in [-0.15, -0.1) is 29.3 Å². The summed E-state index contributed by atoms with van der Waals surface area (Å²) in [6.45, 7) is 5.93. The summed E-state index contributed by atoms with van der Waals surface area (Å²) >= 11 is 4.36. The van der Waals surface area contributed by atoms with E-state index >= 15 is 0 Å². The van der Waals surface area contributed by atoms with Gasteiger partial charge in [0.15, 0.2) is 5.16 Å². The van der Waals surface area contributed by atoms with Crippen LogP contribution in [0.15, 0.2) is 45.5 Å². The van der Waals surface area contributed by atoms with Crippen LogP contribution in [-0.4, -0.2) is 39.7 Å². The Morgan fingerprint density at radius 1 is 1.46 bits per heavy atom. The summed E-state index contributed by atoms with van der Waals surface area (Å²) in [5.74, 6) is -0.0139. The van der Waals surface area contributed by atoms with Crippen LogP contribution in [0.3, 0.4) is 0 Å². The number of thiophene rings is 2. The lowest BCUT2D eigenvalue weighted by atomic mass is 10.2. The van der Waals surface area contributed by atoms with Crippen LogP contribution in [0.4, 0.5) is 0 Å². The van der Waals surface area contributed by atoms with Crippen molar-refractivity contribution < 1.29 is 4.79 Å². The van der Waals surface area contributed by atoms with Crippen molar-refractivity contribution in [2.45, 2.75) is 23.9 Å². The molecule has 0 aliphatic heterocycles. The highest BCUT2D eigenvalue weighted by molar-refractivity contribution is 8.00. The lowest BCUT2D eigenvalue weighted by molar-refractivity contribution is -0.127. The molecule has 0 fully saturated rings. The van der Waals surface area contributed by atoms with E-state index in [1.807, 2.05) is 29.8 Å². The topological polar surface area (TPSA) is 55.2 Å². The SMILES string of the molecule is C=CCn1c(S[C@H](C)C(=O)N(C)C)nc2scc(-c3cccs3)c2c1=O. The molecule has 136 valence electrons. The summed E-state index contributed by atoms with van der Waals surface area (Å²) in [5.41, 5.74) is 0.829. The molecule has 5 nitrogen and oxygen atoms in total. The monoisotopic (exact) mass is 405 g/mol. The molecule has 0 aromatic carbocycles. The first-order valence-corrected chi connectivity index (χ1v) is 10.6. The van der Waals surface area contributed by atoms with Gasteiger partial charge in [-0.1, -0.05) is 23.9 Å². The van der Waals surface area contributed by atoms with Crippen molar-refractivity contribution in [3.63, 3.8) is 0 Å². The lowest BCUT2D eigenvalue weighted by Crippen LogP contribution is -2.31. The van der Waals surface area contributed by atoms with Crippen molar-refractivity contribution in [2.24, 2.45) is 0 Å². The number of hydrogen-bond acceptors (Lipinski definition) is 6. The van der Waals surface area contributed by atoms with Gasteiger partial charge in [0.2, 0.25) is 5.91 Å². The molecule has 3 rings (SSSR count). The molecule has 0 spiro atoms. The number of aromatic nitrogens is 2. The molecule has 1 atom stereocenters. The zero-order valence-electron chi connectivity index (χ0n) is 14.8. The Morgan fingerprint density at radius 3 is 2.85 bits per heavy atom. The van der Waals surface area contributed by atoms with E-state index in [-0.39, 0.29) is 16.7 Å². The maximum absolute atomic E-state index is 13.2. The average molecular weight is 406 g/mol. The number of hydrogen-bond donors (Lipinski definition) is 0. The van der Waals surface area contributed by atoms with Gasteiger partial charge in [-0.2, -0.15) is 0 Å². The Kier molecular flexibility index (Phi) is 5.64. The summed E-state index contributed by atoms with van der Waals surface area (Å²) in [6, 6.07) is 3.97. The quantitative estimate of drug-likeness (QED) is 0.354. The summed E-state index contributed by atoms with van der Waals surface area (Å²) in [4.78, 5) is 33.4. The molecule has 0 aliphatic carbocycles. The molecule has 26 heavy (non-hydrogen) atoms. The van der Waals surface area contributed by atoms with Crippen LogP contribution in [0.2, 0.25) is 0 Å². The first kappa shape index (κ1) is 18.9. The third-order valence-electron chi connectivity index (χ3n) is 3.83. The molecule has 3 heterocycles. The van der Waals surface area contributed by atoms with Gasteiger partial charge < -0.3 is 4.90 Å². The van der Waals surface area contributed by atoms with Crippen molar-refractivity contribution >= 4 is 50.6 Å². The van der Waals surface area contributed by atoms with Gasteiger partial charge in [0.05, 0.1) is 10.6 Å². The minimum atomic E-state index is -0.331. The smallest absolute Gasteiger partial charge is 0.263 e. The van der Waals surface area contributed by atoms with Crippen molar-refractivity contribution in [3.8, 4) is 10.4 Å². The Labute approximate surface area is 164 Å². The lowest BCUT2D eigenvalue weighted by Gasteiger charge is -2.17.